The van der Waals surface area contributed by atoms with E-state index in [4.69, 9.17) is 0 Å². The van der Waals surface area contributed by atoms with E-state index < -0.39 is 0 Å². The molecular weight excluding hydrogens is 192 g/mol. The summed E-state index contributed by atoms with van der Waals surface area (Å²) in [5.74, 6) is 2.24. The SMILES string of the molecule is CSCCN1CCNC(C)(C2CC2)C1. The zero-order chi connectivity index (χ0) is 10.0. The Bertz CT molecular complexity index is 194. The third kappa shape index (κ3) is 2.44. The molecule has 1 saturated heterocycles. The van der Waals surface area contributed by atoms with Gasteiger partial charge in [-0.3, -0.25) is 4.90 Å². The zero-order valence-corrected chi connectivity index (χ0v) is 10.2. The fraction of sp³-hybridized carbons (Fsp3) is 1.00. The number of thioether (sulfide) groups is 1. The van der Waals surface area contributed by atoms with Crippen LogP contribution in [0.15, 0.2) is 0 Å². The zero-order valence-electron chi connectivity index (χ0n) is 9.38. The quantitative estimate of drug-likeness (QED) is 0.762. The summed E-state index contributed by atoms with van der Waals surface area (Å²) in [5, 5.41) is 3.72. The molecule has 0 aromatic carbocycles. The van der Waals surface area contributed by atoms with Crippen molar-refractivity contribution in [3.8, 4) is 0 Å². The highest BCUT2D eigenvalue weighted by Gasteiger charge is 2.43. The maximum atomic E-state index is 3.72. The summed E-state index contributed by atoms with van der Waals surface area (Å²) in [6.45, 7) is 7.36. The summed E-state index contributed by atoms with van der Waals surface area (Å²) in [6, 6.07) is 0. The molecule has 2 fully saturated rings. The third-order valence-corrected chi connectivity index (χ3v) is 4.19. The minimum Gasteiger partial charge on any atom is -0.309 e. The van der Waals surface area contributed by atoms with Crippen LogP contribution >= 0.6 is 11.8 Å². The van der Waals surface area contributed by atoms with Gasteiger partial charge in [-0.2, -0.15) is 11.8 Å². The van der Waals surface area contributed by atoms with E-state index in [1.807, 2.05) is 11.8 Å². The molecule has 2 aliphatic rings. The lowest BCUT2D eigenvalue weighted by Gasteiger charge is -2.42. The number of piperazine rings is 1. The van der Waals surface area contributed by atoms with Crippen molar-refractivity contribution in [3.63, 3.8) is 0 Å². The van der Waals surface area contributed by atoms with Crippen LogP contribution in [0.25, 0.3) is 0 Å². The van der Waals surface area contributed by atoms with E-state index in [0.29, 0.717) is 5.54 Å². The minimum absolute atomic E-state index is 0.427. The van der Waals surface area contributed by atoms with Crippen LogP contribution in [-0.4, -0.2) is 48.6 Å². The molecule has 0 aromatic heterocycles. The normalized spacial score (nSPS) is 34.7. The van der Waals surface area contributed by atoms with Gasteiger partial charge in [0, 0.05) is 37.5 Å². The lowest BCUT2D eigenvalue weighted by Crippen LogP contribution is -2.60. The van der Waals surface area contributed by atoms with E-state index in [9.17, 15) is 0 Å². The van der Waals surface area contributed by atoms with E-state index in [1.165, 1.54) is 44.8 Å². The van der Waals surface area contributed by atoms with Crippen molar-refractivity contribution in [2.45, 2.75) is 25.3 Å². The Morgan fingerprint density at radius 3 is 2.93 bits per heavy atom. The third-order valence-electron chi connectivity index (χ3n) is 3.60. The van der Waals surface area contributed by atoms with Gasteiger partial charge in [-0.05, 0) is 31.9 Å². The van der Waals surface area contributed by atoms with Gasteiger partial charge < -0.3 is 5.32 Å². The van der Waals surface area contributed by atoms with E-state index >= 15 is 0 Å². The van der Waals surface area contributed by atoms with Gasteiger partial charge in [0.25, 0.3) is 0 Å². The molecule has 14 heavy (non-hydrogen) atoms. The smallest absolute Gasteiger partial charge is 0.0309 e. The van der Waals surface area contributed by atoms with Gasteiger partial charge in [-0.15, -0.1) is 0 Å². The Morgan fingerprint density at radius 1 is 1.50 bits per heavy atom. The average Bonchev–Trinajstić information content (AvgIpc) is 2.98. The summed E-state index contributed by atoms with van der Waals surface area (Å²) >= 11 is 1.96. The van der Waals surface area contributed by atoms with E-state index in [1.54, 1.807) is 0 Å². The standard InChI is InChI=1S/C11H22N2S/c1-11(10-3-4-10)9-13(6-5-12-11)7-8-14-2/h10,12H,3-9H2,1-2H3. The summed E-state index contributed by atoms with van der Waals surface area (Å²) in [6.07, 6.45) is 5.09. The van der Waals surface area contributed by atoms with Crippen LogP contribution in [0.2, 0.25) is 0 Å². The number of nitrogens with one attached hydrogen (secondary N) is 1. The first-order valence-corrected chi connectivity index (χ1v) is 7.10. The van der Waals surface area contributed by atoms with Gasteiger partial charge in [0.05, 0.1) is 0 Å². The molecule has 0 amide bonds. The van der Waals surface area contributed by atoms with Crippen molar-refractivity contribution < 1.29 is 0 Å². The molecule has 82 valence electrons. The molecule has 1 N–H and O–H groups in total. The van der Waals surface area contributed by atoms with Crippen molar-refractivity contribution in [1.29, 1.82) is 0 Å². The molecule has 3 heteroatoms. The maximum absolute atomic E-state index is 3.72. The van der Waals surface area contributed by atoms with Crippen LogP contribution in [0.4, 0.5) is 0 Å². The lowest BCUT2D eigenvalue weighted by atomic mass is 9.93. The molecule has 1 saturated carbocycles. The second kappa shape index (κ2) is 4.42. The van der Waals surface area contributed by atoms with Crippen molar-refractivity contribution in [2.75, 3.05) is 38.2 Å². The highest BCUT2D eigenvalue weighted by atomic mass is 32.2. The Morgan fingerprint density at radius 2 is 2.29 bits per heavy atom. The minimum atomic E-state index is 0.427. The number of nitrogens with zero attached hydrogens (tertiary/aromatic N) is 1. The Labute approximate surface area is 91.8 Å². The van der Waals surface area contributed by atoms with Gasteiger partial charge in [0.1, 0.15) is 0 Å². The van der Waals surface area contributed by atoms with Gasteiger partial charge in [0.15, 0.2) is 0 Å². The van der Waals surface area contributed by atoms with E-state index in [2.05, 4.69) is 23.4 Å². The van der Waals surface area contributed by atoms with Crippen molar-refractivity contribution in [1.82, 2.24) is 10.2 Å². The summed E-state index contributed by atoms with van der Waals surface area (Å²) in [4.78, 5) is 2.63. The Hall–Kier alpha value is 0.270. The largest absolute Gasteiger partial charge is 0.309 e. The van der Waals surface area contributed by atoms with Crippen molar-refractivity contribution in [3.05, 3.63) is 0 Å². The number of hydrogen-bond donors (Lipinski definition) is 1. The molecular formula is C11H22N2S. The summed E-state index contributed by atoms with van der Waals surface area (Å²) in [7, 11) is 0. The molecule has 0 spiro atoms. The summed E-state index contributed by atoms with van der Waals surface area (Å²) in [5.41, 5.74) is 0.427. The Balaban J connectivity index is 1.83. The average molecular weight is 214 g/mol. The fourth-order valence-electron chi connectivity index (χ4n) is 2.50. The fourth-order valence-corrected chi connectivity index (χ4v) is 2.94. The molecule has 0 bridgehead atoms. The lowest BCUT2D eigenvalue weighted by molar-refractivity contribution is 0.134. The van der Waals surface area contributed by atoms with Crippen LogP contribution in [0.1, 0.15) is 19.8 Å². The highest BCUT2D eigenvalue weighted by Crippen LogP contribution is 2.40. The first-order valence-electron chi connectivity index (χ1n) is 5.71. The van der Waals surface area contributed by atoms with Crippen molar-refractivity contribution >= 4 is 11.8 Å². The number of rotatable bonds is 4. The predicted octanol–water partition coefficient (Wildman–Crippen LogP) is 1.42. The predicted molar refractivity (Wildman–Crippen MR) is 64.0 cm³/mol. The molecule has 2 rings (SSSR count). The summed E-state index contributed by atoms with van der Waals surface area (Å²) < 4.78 is 0. The van der Waals surface area contributed by atoms with Gasteiger partial charge >= 0.3 is 0 Å². The molecule has 1 unspecified atom stereocenters. The van der Waals surface area contributed by atoms with Crippen LogP contribution in [0.5, 0.6) is 0 Å². The van der Waals surface area contributed by atoms with Crippen LogP contribution < -0.4 is 5.32 Å². The molecule has 0 aromatic rings. The molecule has 1 heterocycles. The first-order chi connectivity index (χ1) is 6.74. The number of hydrogen-bond acceptors (Lipinski definition) is 3. The molecule has 1 aliphatic carbocycles. The maximum Gasteiger partial charge on any atom is 0.0309 e. The molecule has 1 aliphatic heterocycles. The van der Waals surface area contributed by atoms with Crippen molar-refractivity contribution in [2.24, 2.45) is 5.92 Å². The topological polar surface area (TPSA) is 15.3 Å². The molecule has 0 radical (unpaired) electrons. The van der Waals surface area contributed by atoms with Gasteiger partial charge in [-0.25, -0.2) is 0 Å². The van der Waals surface area contributed by atoms with E-state index in [-0.39, 0.29) is 0 Å². The second-order valence-corrected chi connectivity index (χ2v) is 5.87. The van der Waals surface area contributed by atoms with Gasteiger partial charge in [0.2, 0.25) is 0 Å². The monoisotopic (exact) mass is 214 g/mol. The van der Waals surface area contributed by atoms with Gasteiger partial charge in [-0.1, -0.05) is 0 Å². The molecule has 1 atom stereocenters. The second-order valence-electron chi connectivity index (χ2n) is 4.89. The van der Waals surface area contributed by atoms with Crippen LogP contribution in [-0.2, 0) is 0 Å². The highest BCUT2D eigenvalue weighted by molar-refractivity contribution is 7.98. The first kappa shape index (κ1) is 10.8. The Kier molecular flexibility index (Phi) is 3.40. The molecule has 2 nitrogen and oxygen atoms in total. The van der Waals surface area contributed by atoms with Crippen LogP contribution in [0, 0.1) is 5.92 Å². The van der Waals surface area contributed by atoms with E-state index in [0.717, 1.165) is 5.92 Å². The van der Waals surface area contributed by atoms with Crippen LogP contribution in [0.3, 0.4) is 0 Å².